The molecule has 26 heavy (non-hydrogen) atoms. The number of tetrazole rings is 1. The van der Waals surface area contributed by atoms with Crippen molar-refractivity contribution < 1.29 is 9.53 Å². The van der Waals surface area contributed by atoms with Crippen LogP contribution in [0, 0.1) is 13.8 Å². The number of ether oxygens (including phenoxy) is 1. The maximum absolute atomic E-state index is 13.3. The molecule has 1 aromatic carbocycles. The minimum atomic E-state index is -0.106. The van der Waals surface area contributed by atoms with Gasteiger partial charge in [0.2, 0.25) is 0 Å². The number of carbonyl (C=O) groups excluding carboxylic acids is 1. The Balaban J connectivity index is 1.64. The number of benzene rings is 1. The number of morpholine rings is 1. The molecular weight excluding hydrogens is 350 g/mol. The topological polar surface area (TPSA) is 73.1 Å². The van der Waals surface area contributed by atoms with Crippen molar-refractivity contribution in [3.63, 3.8) is 0 Å². The highest BCUT2D eigenvalue weighted by Crippen LogP contribution is 2.32. The van der Waals surface area contributed by atoms with Crippen LogP contribution in [0.2, 0.25) is 0 Å². The average molecular weight is 369 g/mol. The standard InChI is InChI=1S/C18H19N5O2S/c1-12-13(2)26-18(23-11-19-20-21-23)16(12)17(24)22-8-9-25-15(10-22)14-6-4-3-5-7-14/h3-7,11,15H,8-10H2,1-2H3/t15-/m0/s1. The summed E-state index contributed by atoms with van der Waals surface area (Å²) in [4.78, 5) is 16.3. The van der Waals surface area contributed by atoms with E-state index in [1.165, 1.54) is 17.7 Å². The Kier molecular flexibility index (Phi) is 4.52. The number of amides is 1. The second-order valence-electron chi connectivity index (χ2n) is 6.24. The van der Waals surface area contributed by atoms with Gasteiger partial charge in [0.1, 0.15) is 17.4 Å². The lowest BCUT2D eigenvalue weighted by Crippen LogP contribution is -2.42. The molecule has 134 valence electrons. The van der Waals surface area contributed by atoms with Crippen LogP contribution in [0.5, 0.6) is 0 Å². The van der Waals surface area contributed by atoms with Gasteiger partial charge in [0.05, 0.1) is 18.7 Å². The summed E-state index contributed by atoms with van der Waals surface area (Å²) in [6, 6.07) is 10.0. The van der Waals surface area contributed by atoms with E-state index in [-0.39, 0.29) is 12.0 Å². The van der Waals surface area contributed by atoms with Gasteiger partial charge in [-0.05, 0) is 35.4 Å². The van der Waals surface area contributed by atoms with Crippen LogP contribution in [0.3, 0.4) is 0 Å². The van der Waals surface area contributed by atoms with Gasteiger partial charge in [0, 0.05) is 11.4 Å². The van der Waals surface area contributed by atoms with Crippen molar-refractivity contribution in [1.82, 2.24) is 25.1 Å². The minimum absolute atomic E-state index is 0.00146. The first-order chi connectivity index (χ1) is 12.6. The zero-order valence-electron chi connectivity index (χ0n) is 14.6. The van der Waals surface area contributed by atoms with Gasteiger partial charge in [-0.15, -0.1) is 16.4 Å². The van der Waals surface area contributed by atoms with Gasteiger partial charge >= 0.3 is 0 Å². The van der Waals surface area contributed by atoms with Gasteiger partial charge in [-0.3, -0.25) is 4.79 Å². The number of rotatable bonds is 3. The van der Waals surface area contributed by atoms with E-state index in [1.807, 2.05) is 49.1 Å². The highest BCUT2D eigenvalue weighted by molar-refractivity contribution is 7.15. The van der Waals surface area contributed by atoms with E-state index in [1.54, 1.807) is 4.68 Å². The molecule has 0 radical (unpaired) electrons. The van der Waals surface area contributed by atoms with Crippen LogP contribution in [-0.2, 0) is 4.74 Å². The largest absolute Gasteiger partial charge is 0.370 e. The number of nitrogens with zero attached hydrogens (tertiary/aromatic N) is 5. The lowest BCUT2D eigenvalue weighted by atomic mass is 10.1. The molecule has 1 amide bonds. The number of hydrogen-bond acceptors (Lipinski definition) is 6. The van der Waals surface area contributed by atoms with Crippen LogP contribution in [0.25, 0.3) is 5.00 Å². The van der Waals surface area contributed by atoms with E-state index in [0.29, 0.717) is 25.3 Å². The summed E-state index contributed by atoms with van der Waals surface area (Å²) in [5.41, 5.74) is 2.74. The molecule has 0 spiro atoms. The molecule has 4 rings (SSSR count). The van der Waals surface area contributed by atoms with Gasteiger partial charge in [-0.25, -0.2) is 0 Å². The van der Waals surface area contributed by atoms with Gasteiger partial charge < -0.3 is 9.64 Å². The molecule has 2 aromatic heterocycles. The van der Waals surface area contributed by atoms with Crippen molar-refractivity contribution in [3.8, 4) is 5.00 Å². The summed E-state index contributed by atoms with van der Waals surface area (Å²) in [6.07, 6.45) is 1.42. The molecule has 0 aliphatic carbocycles. The van der Waals surface area contributed by atoms with Crippen LogP contribution in [0.4, 0.5) is 0 Å². The Morgan fingerprint density at radius 2 is 2.08 bits per heavy atom. The number of aromatic nitrogens is 4. The second kappa shape index (κ2) is 6.97. The molecule has 8 heteroatoms. The maximum Gasteiger partial charge on any atom is 0.257 e. The smallest absolute Gasteiger partial charge is 0.257 e. The first-order valence-corrected chi connectivity index (χ1v) is 9.26. The molecule has 1 aliphatic rings. The van der Waals surface area contributed by atoms with Gasteiger partial charge in [-0.1, -0.05) is 30.3 Å². The first-order valence-electron chi connectivity index (χ1n) is 8.44. The molecule has 3 heterocycles. The highest BCUT2D eigenvalue weighted by Gasteiger charge is 2.30. The molecule has 0 saturated carbocycles. The van der Waals surface area contributed by atoms with E-state index in [2.05, 4.69) is 15.5 Å². The number of hydrogen-bond donors (Lipinski definition) is 0. The Morgan fingerprint density at radius 1 is 1.27 bits per heavy atom. The molecule has 1 atom stereocenters. The summed E-state index contributed by atoms with van der Waals surface area (Å²) < 4.78 is 7.45. The third kappa shape index (κ3) is 3.02. The summed E-state index contributed by atoms with van der Waals surface area (Å²) in [5.74, 6) is 0.00146. The SMILES string of the molecule is Cc1sc(-n2cnnn2)c(C(=O)N2CCO[C@H](c3ccccc3)C2)c1C. The molecule has 0 unspecified atom stereocenters. The summed E-state index contributed by atoms with van der Waals surface area (Å²) in [6.45, 7) is 5.62. The first kappa shape index (κ1) is 16.9. The number of thiophene rings is 1. The Hall–Kier alpha value is -2.58. The van der Waals surface area contributed by atoms with Gasteiger partial charge in [0.25, 0.3) is 5.91 Å². The maximum atomic E-state index is 13.3. The van der Waals surface area contributed by atoms with Crippen molar-refractivity contribution in [1.29, 1.82) is 0 Å². The third-order valence-corrected chi connectivity index (χ3v) is 5.86. The summed E-state index contributed by atoms with van der Waals surface area (Å²) in [5, 5.41) is 12.1. The summed E-state index contributed by atoms with van der Waals surface area (Å²) >= 11 is 1.53. The van der Waals surface area contributed by atoms with Gasteiger partial charge in [-0.2, -0.15) is 4.68 Å². The lowest BCUT2D eigenvalue weighted by Gasteiger charge is -2.33. The molecule has 1 fully saturated rings. The van der Waals surface area contributed by atoms with Crippen molar-refractivity contribution >= 4 is 17.2 Å². The van der Waals surface area contributed by atoms with E-state index in [4.69, 9.17) is 4.74 Å². The zero-order valence-corrected chi connectivity index (χ0v) is 15.4. The molecule has 0 bridgehead atoms. The van der Waals surface area contributed by atoms with Crippen molar-refractivity contribution in [2.75, 3.05) is 19.7 Å². The highest BCUT2D eigenvalue weighted by atomic mass is 32.1. The Labute approximate surface area is 155 Å². The third-order valence-electron chi connectivity index (χ3n) is 4.66. The van der Waals surface area contributed by atoms with Crippen molar-refractivity contribution in [3.05, 3.63) is 58.2 Å². The number of aryl methyl sites for hydroxylation is 1. The second-order valence-corrected chi connectivity index (χ2v) is 7.44. The van der Waals surface area contributed by atoms with E-state index in [0.717, 1.165) is 21.0 Å². The summed E-state index contributed by atoms with van der Waals surface area (Å²) in [7, 11) is 0. The quantitative estimate of drug-likeness (QED) is 0.709. The van der Waals surface area contributed by atoms with Crippen LogP contribution in [0.15, 0.2) is 36.7 Å². The van der Waals surface area contributed by atoms with Crippen molar-refractivity contribution in [2.24, 2.45) is 0 Å². The van der Waals surface area contributed by atoms with Crippen molar-refractivity contribution in [2.45, 2.75) is 20.0 Å². The average Bonchev–Trinajstić information content (AvgIpc) is 3.31. The zero-order chi connectivity index (χ0) is 18.1. The molecule has 0 N–H and O–H groups in total. The van der Waals surface area contributed by atoms with Crippen LogP contribution < -0.4 is 0 Å². The van der Waals surface area contributed by atoms with Crippen LogP contribution in [0.1, 0.15) is 32.5 Å². The molecule has 1 aliphatic heterocycles. The van der Waals surface area contributed by atoms with E-state index >= 15 is 0 Å². The predicted octanol–water partition coefficient (Wildman–Crippen LogP) is 2.55. The predicted molar refractivity (Wildman–Crippen MR) is 97.5 cm³/mol. The lowest BCUT2D eigenvalue weighted by molar-refractivity contribution is -0.0228. The molecular formula is C18H19N5O2S. The van der Waals surface area contributed by atoms with Gasteiger partial charge in [0.15, 0.2) is 0 Å². The van der Waals surface area contributed by atoms with Crippen LogP contribution in [-0.4, -0.2) is 50.7 Å². The minimum Gasteiger partial charge on any atom is -0.370 e. The molecule has 3 aromatic rings. The fourth-order valence-corrected chi connectivity index (χ4v) is 4.20. The molecule has 1 saturated heterocycles. The number of carbonyl (C=O) groups is 1. The Morgan fingerprint density at radius 3 is 2.81 bits per heavy atom. The molecule has 7 nitrogen and oxygen atoms in total. The Bertz CT molecular complexity index is 907. The fraction of sp³-hybridized carbons (Fsp3) is 0.333. The van der Waals surface area contributed by atoms with Crippen LogP contribution >= 0.6 is 11.3 Å². The normalized spacial score (nSPS) is 17.5. The van der Waals surface area contributed by atoms with E-state index < -0.39 is 0 Å². The fourth-order valence-electron chi connectivity index (χ4n) is 3.14. The van der Waals surface area contributed by atoms with E-state index in [9.17, 15) is 4.79 Å². The monoisotopic (exact) mass is 369 g/mol.